The van der Waals surface area contributed by atoms with E-state index in [1.165, 1.54) is 7.05 Å². The Kier molecular flexibility index (Phi) is 4.70. The first kappa shape index (κ1) is 15.9. The van der Waals surface area contributed by atoms with Crippen LogP contribution in [-0.4, -0.2) is 35.0 Å². The average Bonchev–Trinajstić information content (AvgIpc) is 2.32. The predicted molar refractivity (Wildman–Crippen MR) is 70.9 cm³/mol. The molecular formula is C14H18FNO4. The fraction of sp³-hybridized carbons (Fsp3) is 0.429. The van der Waals surface area contributed by atoms with Crippen molar-refractivity contribution in [1.29, 1.82) is 0 Å². The maximum atomic E-state index is 13.2. The van der Waals surface area contributed by atoms with E-state index in [2.05, 4.69) is 0 Å². The fourth-order valence-corrected chi connectivity index (χ4v) is 1.58. The zero-order chi connectivity index (χ0) is 15.5. The molecule has 0 aliphatic rings. The van der Waals surface area contributed by atoms with Crippen LogP contribution in [0.4, 0.5) is 9.18 Å². The third kappa shape index (κ3) is 3.94. The van der Waals surface area contributed by atoms with Crippen LogP contribution in [0.25, 0.3) is 0 Å². The molecule has 0 spiro atoms. The molecule has 5 nitrogen and oxygen atoms in total. The Morgan fingerprint density at radius 3 is 2.55 bits per heavy atom. The molecule has 0 heterocycles. The minimum absolute atomic E-state index is 0.00774. The summed E-state index contributed by atoms with van der Waals surface area (Å²) in [5.74, 6) is -0.874. The summed E-state index contributed by atoms with van der Waals surface area (Å²) in [6.45, 7) is 5.07. The fourth-order valence-electron chi connectivity index (χ4n) is 1.58. The predicted octanol–water partition coefficient (Wildman–Crippen LogP) is 2.64. The SMILES string of the molecule is CN(C(=O)OC(C)(C)C)C(C=O)c1cc(F)ccc1O. The number of nitrogens with zero attached hydrogens (tertiary/aromatic N) is 1. The molecule has 1 aromatic carbocycles. The van der Waals surface area contributed by atoms with Crippen LogP contribution >= 0.6 is 0 Å². The summed E-state index contributed by atoms with van der Waals surface area (Å²) in [4.78, 5) is 24.1. The van der Waals surface area contributed by atoms with Gasteiger partial charge in [-0.1, -0.05) is 0 Å². The molecule has 1 atom stereocenters. The highest BCUT2D eigenvalue weighted by Gasteiger charge is 2.28. The highest BCUT2D eigenvalue weighted by molar-refractivity contribution is 5.75. The number of benzene rings is 1. The minimum atomic E-state index is -1.12. The molecule has 0 saturated carbocycles. The summed E-state index contributed by atoms with van der Waals surface area (Å²) >= 11 is 0. The third-order valence-corrected chi connectivity index (χ3v) is 2.54. The van der Waals surface area contributed by atoms with Crippen molar-refractivity contribution in [3.8, 4) is 5.75 Å². The summed E-state index contributed by atoms with van der Waals surface area (Å²) in [7, 11) is 1.34. The smallest absolute Gasteiger partial charge is 0.410 e. The summed E-state index contributed by atoms with van der Waals surface area (Å²) < 4.78 is 18.3. The normalized spacial score (nSPS) is 12.7. The summed E-state index contributed by atoms with van der Waals surface area (Å²) in [5, 5.41) is 9.70. The van der Waals surface area contributed by atoms with Crippen LogP contribution in [0.5, 0.6) is 5.75 Å². The van der Waals surface area contributed by atoms with Gasteiger partial charge in [-0.15, -0.1) is 0 Å². The molecule has 0 saturated heterocycles. The van der Waals surface area contributed by atoms with Gasteiger partial charge in [0.05, 0.1) is 0 Å². The Bertz CT molecular complexity index is 510. The number of phenols is 1. The summed E-state index contributed by atoms with van der Waals surface area (Å²) in [6, 6.07) is 2.08. The molecule has 110 valence electrons. The molecule has 0 radical (unpaired) electrons. The van der Waals surface area contributed by atoms with Crippen molar-refractivity contribution in [2.24, 2.45) is 0 Å². The van der Waals surface area contributed by atoms with Gasteiger partial charge >= 0.3 is 6.09 Å². The number of amides is 1. The molecule has 0 aromatic heterocycles. The van der Waals surface area contributed by atoms with E-state index < -0.39 is 23.6 Å². The molecular weight excluding hydrogens is 265 g/mol. The first-order valence-corrected chi connectivity index (χ1v) is 6.05. The van der Waals surface area contributed by atoms with Gasteiger partial charge in [-0.25, -0.2) is 9.18 Å². The van der Waals surface area contributed by atoms with E-state index in [-0.39, 0.29) is 11.3 Å². The number of ether oxygens (including phenoxy) is 1. The number of rotatable bonds is 3. The van der Waals surface area contributed by atoms with Gasteiger partial charge in [0.2, 0.25) is 0 Å². The number of carbonyl (C=O) groups is 2. The van der Waals surface area contributed by atoms with E-state index >= 15 is 0 Å². The van der Waals surface area contributed by atoms with Crippen molar-refractivity contribution in [2.45, 2.75) is 32.4 Å². The van der Waals surface area contributed by atoms with Crippen molar-refractivity contribution in [1.82, 2.24) is 4.90 Å². The monoisotopic (exact) mass is 283 g/mol. The second kappa shape index (κ2) is 5.90. The number of aromatic hydroxyl groups is 1. The number of halogens is 1. The molecule has 1 aromatic rings. The van der Waals surface area contributed by atoms with Crippen LogP contribution in [-0.2, 0) is 9.53 Å². The van der Waals surface area contributed by atoms with Crippen LogP contribution in [0.2, 0.25) is 0 Å². The highest BCUT2D eigenvalue weighted by atomic mass is 19.1. The van der Waals surface area contributed by atoms with Gasteiger partial charge in [0.1, 0.15) is 29.5 Å². The molecule has 0 aliphatic heterocycles. The molecule has 1 amide bonds. The van der Waals surface area contributed by atoms with Gasteiger partial charge in [0.15, 0.2) is 0 Å². The number of aldehydes is 1. The topological polar surface area (TPSA) is 66.8 Å². The van der Waals surface area contributed by atoms with Crippen molar-refractivity contribution in [2.75, 3.05) is 7.05 Å². The van der Waals surface area contributed by atoms with Gasteiger partial charge in [0.25, 0.3) is 0 Å². The van der Waals surface area contributed by atoms with E-state index in [0.29, 0.717) is 6.29 Å². The number of hydrogen-bond donors (Lipinski definition) is 1. The second-order valence-electron chi connectivity index (χ2n) is 5.38. The number of carbonyl (C=O) groups excluding carboxylic acids is 2. The Morgan fingerprint density at radius 2 is 2.05 bits per heavy atom. The minimum Gasteiger partial charge on any atom is -0.508 e. The van der Waals surface area contributed by atoms with Crippen molar-refractivity contribution < 1.29 is 23.8 Å². The van der Waals surface area contributed by atoms with Gasteiger partial charge in [-0.3, -0.25) is 4.90 Å². The molecule has 1 N–H and O–H groups in total. The molecule has 20 heavy (non-hydrogen) atoms. The Hall–Kier alpha value is -2.11. The lowest BCUT2D eigenvalue weighted by molar-refractivity contribution is -0.112. The number of likely N-dealkylation sites (N-methyl/N-ethyl adjacent to an activating group) is 1. The maximum Gasteiger partial charge on any atom is 0.410 e. The van der Waals surface area contributed by atoms with Gasteiger partial charge in [0, 0.05) is 12.6 Å². The Morgan fingerprint density at radius 1 is 1.45 bits per heavy atom. The summed E-state index contributed by atoms with van der Waals surface area (Å²) in [5.41, 5.74) is -0.712. The molecule has 1 unspecified atom stereocenters. The van der Waals surface area contributed by atoms with Crippen LogP contribution in [0.1, 0.15) is 32.4 Å². The Labute approximate surface area is 117 Å². The Balaban J connectivity index is 3.04. The summed E-state index contributed by atoms with van der Waals surface area (Å²) in [6.07, 6.45) is -0.295. The van der Waals surface area contributed by atoms with Crippen molar-refractivity contribution in [3.05, 3.63) is 29.6 Å². The first-order valence-electron chi connectivity index (χ1n) is 6.05. The number of hydrogen-bond acceptors (Lipinski definition) is 4. The van der Waals surface area contributed by atoms with Crippen molar-refractivity contribution in [3.63, 3.8) is 0 Å². The van der Waals surface area contributed by atoms with Crippen LogP contribution < -0.4 is 0 Å². The lowest BCUT2D eigenvalue weighted by Gasteiger charge is -2.28. The molecule has 0 fully saturated rings. The zero-order valence-electron chi connectivity index (χ0n) is 11.9. The van der Waals surface area contributed by atoms with Crippen LogP contribution in [0, 0.1) is 5.82 Å². The average molecular weight is 283 g/mol. The third-order valence-electron chi connectivity index (χ3n) is 2.54. The highest BCUT2D eigenvalue weighted by Crippen LogP contribution is 2.28. The van der Waals surface area contributed by atoms with Crippen molar-refractivity contribution >= 4 is 12.4 Å². The zero-order valence-corrected chi connectivity index (χ0v) is 11.9. The molecule has 0 aliphatic carbocycles. The van der Waals surface area contributed by atoms with Gasteiger partial charge in [-0.05, 0) is 39.0 Å². The quantitative estimate of drug-likeness (QED) is 0.866. The maximum absolute atomic E-state index is 13.2. The van der Waals surface area contributed by atoms with Crippen LogP contribution in [0.15, 0.2) is 18.2 Å². The largest absolute Gasteiger partial charge is 0.508 e. The van der Waals surface area contributed by atoms with Gasteiger partial charge < -0.3 is 14.6 Å². The standard InChI is InChI=1S/C14H18FNO4/c1-14(2,3)20-13(19)16(4)11(8-17)10-7-9(15)5-6-12(10)18/h5-8,11,18H,1-4H3. The van der Waals surface area contributed by atoms with E-state index in [9.17, 15) is 19.1 Å². The van der Waals surface area contributed by atoms with Crippen LogP contribution in [0.3, 0.4) is 0 Å². The lowest BCUT2D eigenvalue weighted by atomic mass is 10.1. The molecule has 6 heteroatoms. The van der Waals surface area contributed by atoms with E-state index in [1.54, 1.807) is 20.8 Å². The van der Waals surface area contributed by atoms with E-state index in [0.717, 1.165) is 23.1 Å². The number of phenolic OH excluding ortho intramolecular Hbond substituents is 1. The first-order chi connectivity index (χ1) is 9.15. The second-order valence-corrected chi connectivity index (χ2v) is 5.38. The molecule has 1 rings (SSSR count). The molecule has 0 bridgehead atoms. The van der Waals surface area contributed by atoms with E-state index in [1.807, 2.05) is 0 Å². The van der Waals surface area contributed by atoms with E-state index in [4.69, 9.17) is 4.74 Å². The van der Waals surface area contributed by atoms with Gasteiger partial charge in [-0.2, -0.15) is 0 Å². The lowest BCUT2D eigenvalue weighted by Crippen LogP contribution is -2.37.